The fourth-order valence-electron chi connectivity index (χ4n) is 3.38. The summed E-state index contributed by atoms with van der Waals surface area (Å²) in [5.41, 5.74) is 3.73. The maximum atomic E-state index is 5.63. The zero-order valence-electron chi connectivity index (χ0n) is 17.8. The first-order valence-corrected chi connectivity index (χ1v) is 9.84. The molecule has 1 atom stereocenters. The average molecular weight is 509 g/mol. The van der Waals surface area contributed by atoms with Gasteiger partial charge in [0.2, 0.25) is 0 Å². The van der Waals surface area contributed by atoms with Gasteiger partial charge in [0.1, 0.15) is 5.82 Å². The third-order valence-electron chi connectivity index (χ3n) is 4.94. The van der Waals surface area contributed by atoms with E-state index < -0.39 is 0 Å². The van der Waals surface area contributed by atoms with Gasteiger partial charge < -0.3 is 19.9 Å². The smallest absolute Gasteiger partial charge is 0.193 e. The molecule has 1 aliphatic rings. The normalized spacial score (nSPS) is 16.9. The highest BCUT2D eigenvalue weighted by Crippen LogP contribution is 2.16. The van der Waals surface area contributed by atoms with Crippen molar-refractivity contribution in [3.8, 4) is 0 Å². The first kappa shape index (κ1) is 23.4. The number of guanidine groups is 1. The molecule has 0 bridgehead atoms. The molecule has 6 nitrogen and oxygen atoms in total. The number of hydrogen-bond donors (Lipinski definition) is 1. The van der Waals surface area contributed by atoms with E-state index in [1.165, 1.54) is 16.7 Å². The third-order valence-corrected chi connectivity index (χ3v) is 4.94. The molecule has 1 aliphatic heterocycles. The van der Waals surface area contributed by atoms with Crippen molar-refractivity contribution in [1.29, 1.82) is 0 Å². The summed E-state index contributed by atoms with van der Waals surface area (Å²) in [6.07, 6.45) is 2.12. The highest BCUT2D eigenvalue weighted by Gasteiger charge is 2.18. The van der Waals surface area contributed by atoms with Crippen LogP contribution < -0.4 is 10.2 Å². The lowest BCUT2D eigenvalue weighted by molar-refractivity contribution is 0.0529. The van der Waals surface area contributed by atoms with Gasteiger partial charge >= 0.3 is 0 Å². The van der Waals surface area contributed by atoms with Gasteiger partial charge in [0.05, 0.1) is 12.7 Å². The standard InChI is InChI=1S/C22H31N5O.HI/c1-17-5-7-19(8-6-17)16-26(4)22(23-3)25-14-20-9-10-24-21(13-20)27-11-12-28-18(2)15-27;/h5-10,13,18H,11-12,14-16H2,1-4H3,(H,23,25);1H. The summed E-state index contributed by atoms with van der Waals surface area (Å²) in [7, 11) is 3.88. The molecule has 2 aromatic rings. The second-order valence-corrected chi connectivity index (χ2v) is 7.39. The predicted molar refractivity (Wildman–Crippen MR) is 130 cm³/mol. The van der Waals surface area contributed by atoms with Gasteiger partial charge in [-0.25, -0.2) is 4.98 Å². The number of morpholine rings is 1. The lowest BCUT2D eigenvalue weighted by atomic mass is 10.1. The highest BCUT2D eigenvalue weighted by molar-refractivity contribution is 14.0. The van der Waals surface area contributed by atoms with Crippen LogP contribution in [-0.2, 0) is 17.8 Å². The molecule has 1 unspecified atom stereocenters. The molecule has 1 aromatic carbocycles. The van der Waals surface area contributed by atoms with Gasteiger partial charge in [0.15, 0.2) is 5.96 Å². The van der Waals surface area contributed by atoms with Crippen LogP contribution in [0, 0.1) is 6.92 Å². The molecule has 0 spiro atoms. The van der Waals surface area contributed by atoms with Crippen molar-refractivity contribution in [1.82, 2.24) is 15.2 Å². The molecule has 1 aromatic heterocycles. The molecular weight excluding hydrogens is 477 g/mol. The number of aliphatic imine (C=N–C) groups is 1. The van der Waals surface area contributed by atoms with Crippen LogP contribution >= 0.6 is 24.0 Å². The minimum atomic E-state index is 0. The first-order valence-electron chi connectivity index (χ1n) is 9.84. The Kier molecular flexibility index (Phi) is 9.16. The number of aromatic nitrogens is 1. The summed E-state index contributed by atoms with van der Waals surface area (Å²) in [6.45, 7) is 8.25. The minimum Gasteiger partial charge on any atom is -0.375 e. The molecule has 29 heavy (non-hydrogen) atoms. The number of aryl methyl sites for hydroxylation is 1. The number of anilines is 1. The van der Waals surface area contributed by atoms with E-state index in [-0.39, 0.29) is 30.1 Å². The molecule has 0 radical (unpaired) electrons. The number of rotatable bonds is 5. The maximum Gasteiger partial charge on any atom is 0.193 e. The number of pyridine rings is 1. The van der Waals surface area contributed by atoms with E-state index in [4.69, 9.17) is 4.74 Å². The largest absolute Gasteiger partial charge is 0.375 e. The molecule has 1 saturated heterocycles. The van der Waals surface area contributed by atoms with E-state index in [2.05, 4.69) is 76.3 Å². The van der Waals surface area contributed by atoms with Gasteiger partial charge in [0.25, 0.3) is 0 Å². The molecular formula is C22H32IN5O. The van der Waals surface area contributed by atoms with Crippen molar-refractivity contribution in [2.24, 2.45) is 4.99 Å². The zero-order chi connectivity index (χ0) is 19.9. The van der Waals surface area contributed by atoms with E-state index in [0.717, 1.165) is 38.0 Å². The molecule has 0 aliphatic carbocycles. The van der Waals surface area contributed by atoms with Gasteiger partial charge in [0, 0.05) is 46.5 Å². The van der Waals surface area contributed by atoms with Crippen LogP contribution in [0.25, 0.3) is 0 Å². The summed E-state index contributed by atoms with van der Waals surface area (Å²) in [5.74, 6) is 1.89. The van der Waals surface area contributed by atoms with Crippen LogP contribution in [0.3, 0.4) is 0 Å². The molecule has 0 amide bonds. The van der Waals surface area contributed by atoms with Gasteiger partial charge in [-0.2, -0.15) is 0 Å². The molecule has 1 fully saturated rings. The fraction of sp³-hybridized carbons (Fsp3) is 0.455. The number of hydrogen-bond acceptors (Lipinski definition) is 4. The molecule has 7 heteroatoms. The van der Waals surface area contributed by atoms with Crippen molar-refractivity contribution in [3.63, 3.8) is 0 Å². The van der Waals surface area contributed by atoms with Gasteiger partial charge in [-0.05, 0) is 37.1 Å². The number of halogens is 1. The van der Waals surface area contributed by atoms with Crippen molar-refractivity contribution in [3.05, 3.63) is 59.3 Å². The fourth-order valence-corrected chi connectivity index (χ4v) is 3.38. The van der Waals surface area contributed by atoms with Crippen molar-refractivity contribution in [2.45, 2.75) is 33.0 Å². The Bertz CT molecular complexity index is 796. The Hall–Kier alpha value is -1.87. The highest BCUT2D eigenvalue weighted by atomic mass is 127. The Labute approximate surface area is 191 Å². The van der Waals surface area contributed by atoms with Crippen LogP contribution in [-0.4, -0.2) is 55.7 Å². The zero-order valence-corrected chi connectivity index (χ0v) is 20.1. The molecule has 3 rings (SSSR count). The van der Waals surface area contributed by atoms with E-state index in [1.54, 1.807) is 0 Å². The van der Waals surface area contributed by atoms with Crippen LogP contribution in [0.5, 0.6) is 0 Å². The third kappa shape index (κ3) is 6.85. The Morgan fingerprint density at radius 1 is 1.28 bits per heavy atom. The Morgan fingerprint density at radius 3 is 2.72 bits per heavy atom. The second kappa shape index (κ2) is 11.3. The first-order chi connectivity index (χ1) is 13.5. The van der Waals surface area contributed by atoms with Crippen molar-refractivity contribution >= 4 is 35.8 Å². The molecule has 1 N–H and O–H groups in total. The van der Waals surface area contributed by atoms with Crippen LogP contribution in [0.4, 0.5) is 5.82 Å². The van der Waals surface area contributed by atoms with Crippen molar-refractivity contribution in [2.75, 3.05) is 38.7 Å². The Morgan fingerprint density at radius 2 is 2.03 bits per heavy atom. The SMILES string of the molecule is CN=C(NCc1ccnc(N2CCOC(C)C2)c1)N(C)Cc1ccc(C)cc1.I. The van der Waals surface area contributed by atoms with E-state index in [9.17, 15) is 0 Å². The monoisotopic (exact) mass is 509 g/mol. The predicted octanol–water partition coefficient (Wildman–Crippen LogP) is 3.44. The minimum absolute atomic E-state index is 0. The number of benzene rings is 1. The number of nitrogens with one attached hydrogen (secondary N) is 1. The summed E-state index contributed by atoms with van der Waals surface area (Å²) >= 11 is 0. The summed E-state index contributed by atoms with van der Waals surface area (Å²) < 4.78 is 5.63. The van der Waals surface area contributed by atoms with Crippen LogP contribution in [0.2, 0.25) is 0 Å². The lowest BCUT2D eigenvalue weighted by Gasteiger charge is -2.32. The Balaban J connectivity index is 0.00000300. The molecule has 158 valence electrons. The van der Waals surface area contributed by atoms with Gasteiger partial charge in [-0.1, -0.05) is 29.8 Å². The lowest BCUT2D eigenvalue weighted by Crippen LogP contribution is -2.41. The van der Waals surface area contributed by atoms with Crippen LogP contribution in [0.15, 0.2) is 47.6 Å². The van der Waals surface area contributed by atoms with E-state index in [0.29, 0.717) is 6.54 Å². The van der Waals surface area contributed by atoms with E-state index in [1.807, 2.05) is 19.3 Å². The topological polar surface area (TPSA) is 53.0 Å². The summed E-state index contributed by atoms with van der Waals surface area (Å²) in [6, 6.07) is 12.8. The molecule has 2 heterocycles. The van der Waals surface area contributed by atoms with Gasteiger partial charge in [-0.3, -0.25) is 4.99 Å². The second-order valence-electron chi connectivity index (χ2n) is 7.39. The van der Waals surface area contributed by atoms with Crippen LogP contribution in [0.1, 0.15) is 23.6 Å². The quantitative estimate of drug-likeness (QED) is 0.380. The summed E-state index contributed by atoms with van der Waals surface area (Å²) in [5, 5.41) is 3.46. The molecule has 0 saturated carbocycles. The number of ether oxygens (including phenoxy) is 1. The van der Waals surface area contributed by atoms with Crippen molar-refractivity contribution < 1.29 is 4.74 Å². The maximum absolute atomic E-state index is 5.63. The van der Waals surface area contributed by atoms with E-state index >= 15 is 0 Å². The van der Waals surface area contributed by atoms with Gasteiger partial charge in [-0.15, -0.1) is 24.0 Å². The number of nitrogens with zero attached hydrogens (tertiary/aromatic N) is 4. The summed E-state index contributed by atoms with van der Waals surface area (Å²) in [4.78, 5) is 13.4. The average Bonchev–Trinajstić information content (AvgIpc) is 2.70.